The zero-order valence-electron chi connectivity index (χ0n) is 10.2. The molecule has 1 aromatic rings. The lowest BCUT2D eigenvalue weighted by Gasteiger charge is -2.33. The highest BCUT2D eigenvalue weighted by Gasteiger charge is 2.26. The van der Waals surface area contributed by atoms with Crippen LogP contribution < -0.4 is 5.73 Å². The van der Waals surface area contributed by atoms with Crippen LogP contribution in [0, 0.1) is 5.92 Å². The summed E-state index contributed by atoms with van der Waals surface area (Å²) in [5, 5.41) is 4.12. The summed E-state index contributed by atoms with van der Waals surface area (Å²) >= 11 is 0. The van der Waals surface area contributed by atoms with Crippen LogP contribution in [0.15, 0.2) is 18.5 Å². The number of amides is 1. The first-order chi connectivity index (χ1) is 8.22. The minimum atomic E-state index is -0.221. The molecule has 17 heavy (non-hydrogen) atoms. The smallest absolute Gasteiger partial charge is 0.247 e. The van der Waals surface area contributed by atoms with Gasteiger partial charge in [-0.05, 0) is 38.3 Å². The quantitative estimate of drug-likeness (QED) is 0.837. The van der Waals surface area contributed by atoms with E-state index in [0.29, 0.717) is 12.5 Å². The van der Waals surface area contributed by atoms with Crippen molar-refractivity contribution in [2.45, 2.75) is 25.8 Å². The van der Waals surface area contributed by atoms with Gasteiger partial charge in [0.25, 0.3) is 0 Å². The van der Waals surface area contributed by atoms with Crippen molar-refractivity contribution in [2.75, 3.05) is 19.6 Å². The first-order valence-electron chi connectivity index (χ1n) is 6.20. The topological polar surface area (TPSA) is 64.2 Å². The Labute approximate surface area is 102 Å². The fourth-order valence-corrected chi connectivity index (χ4v) is 2.34. The van der Waals surface area contributed by atoms with Gasteiger partial charge in [0.15, 0.2) is 0 Å². The number of piperidine rings is 1. The zero-order chi connectivity index (χ0) is 12.3. The molecule has 0 bridgehead atoms. The van der Waals surface area contributed by atoms with Crippen molar-refractivity contribution < 1.29 is 4.79 Å². The van der Waals surface area contributed by atoms with Crippen LogP contribution in [0.3, 0.4) is 0 Å². The van der Waals surface area contributed by atoms with Crippen LogP contribution in [0.2, 0.25) is 0 Å². The number of nitrogens with zero attached hydrogens (tertiary/aromatic N) is 3. The Hall–Kier alpha value is -1.36. The molecule has 94 valence electrons. The summed E-state index contributed by atoms with van der Waals surface area (Å²) in [5.74, 6) is 0.601. The molecule has 1 aliphatic rings. The molecule has 0 aliphatic carbocycles. The standard InChI is InChI=1S/C12H20N4O/c1-10(16-7-3-5-14-16)12(17)15-6-2-4-11(8-13)9-15/h3,5,7,10-11H,2,4,6,8-9,13H2,1H3/t10-,11-/m1/s1. The predicted molar refractivity (Wildman–Crippen MR) is 65.3 cm³/mol. The van der Waals surface area contributed by atoms with E-state index < -0.39 is 0 Å². The van der Waals surface area contributed by atoms with E-state index in [2.05, 4.69) is 5.10 Å². The maximum atomic E-state index is 12.3. The lowest BCUT2D eigenvalue weighted by Crippen LogP contribution is -2.44. The van der Waals surface area contributed by atoms with Crippen molar-refractivity contribution >= 4 is 5.91 Å². The van der Waals surface area contributed by atoms with Gasteiger partial charge in [0, 0.05) is 25.5 Å². The van der Waals surface area contributed by atoms with E-state index in [-0.39, 0.29) is 11.9 Å². The highest BCUT2D eigenvalue weighted by Crippen LogP contribution is 2.18. The van der Waals surface area contributed by atoms with Crippen LogP contribution in [0.25, 0.3) is 0 Å². The van der Waals surface area contributed by atoms with Crippen LogP contribution in [0.5, 0.6) is 0 Å². The van der Waals surface area contributed by atoms with Gasteiger partial charge in [0.2, 0.25) is 5.91 Å². The minimum Gasteiger partial charge on any atom is -0.341 e. The summed E-state index contributed by atoms with van der Waals surface area (Å²) in [5.41, 5.74) is 5.68. The van der Waals surface area contributed by atoms with E-state index in [1.165, 1.54) is 0 Å². The van der Waals surface area contributed by atoms with Crippen molar-refractivity contribution in [3.8, 4) is 0 Å². The van der Waals surface area contributed by atoms with Gasteiger partial charge < -0.3 is 10.6 Å². The highest BCUT2D eigenvalue weighted by molar-refractivity contribution is 5.80. The van der Waals surface area contributed by atoms with E-state index in [1.807, 2.05) is 24.1 Å². The first kappa shape index (κ1) is 12.1. The largest absolute Gasteiger partial charge is 0.341 e. The van der Waals surface area contributed by atoms with Gasteiger partial charge >= 0.3 is 0 Å². The first-order valence-corrected chi connectivity index (χ1v) is 6.20. The highest BCUT2D eigenvalue weighted by atomic mass is 16.2. The number of hydrogen-bond acceptors (Lipinski definition) is 3. The van der Waals surface area contributed by atoms with Gasteiger partial charge in [-0.25, -0.2) is 0 Å². The van der Waals surface area contributed by atoms with Crippen molar-refractivity contribution in [1.82, 2.24) is 14.7 Å². The molecule has 0 aromatic carbocycles. The van der Waals surface area contributed by atoms with E-state index in [4.69, 9.17) is 5.73 Å². The van der Waals surface area contributed by atoms with Crippen molar-refractivity contribution in [2.24, 2.45) is 11.7 Å². The number of likely N-dealkylation sites (tertiary alicyclic amines) is 1. The van der Waals surface area contributed by atoms with E-state index >= 15 is 0 Å². The molecular weight excluding hydrogens is 216 g/mol. The number of carbonyl (C=O) groups is 1. The lowest BCUT2D eigenvalue weighted by atomic mass is 9.98. The normalized spacial score (nSPS) is 22.5. The number of rotatable bonds is 3. The summed E-state index contributed by atoms with van der Waals surface area (Å²) < 4.78 is 1.70. The van der Waals surface area contributed by atoms with Crippen molar-refractivity contribution in [1.29, 1.82) is 0 Å². The second kappa shape index (κ2) is 5.31. The predicted octanol–water partition coefficient (Wildman–Crippen LogP) is 0.641. The van der Waals surface area contributed by atoms with Crippen LogP contribution in [-0.2, 0) is 4.79 Å². The van der Waals surface area contributed by atoms with Gasteiger partial charge in [-0.2, -0.15) is 5.10 Å². The number of aromatic nitrogens is 2. The average molecular weight is 236 g/mol. The van der Waals surface area contributed by atoms with Crippen LogP contribution in [0.4, 0.5) is 0 Å². The summed E-state index contributed by atoms with van der Waals surface area (Å²) in [6, 6.07) is 1.62. The van der Waals surface area contributed by atoms with Crippen molar-refractivity contribution in [3.05, 3.63) is 18.5 Å². The molecule has 0 spiro atoms. The number of nitrogens with two attached hydrogens (primary N) is 1. The molecule has 1 amide bonds. The summed E-state index contributed by atoms with van der Waals surface area (Å²) in [7, 11) is 0. The Morgan fingerprint density at radius 2 is 2.47 bits per heavy atom. The van der Waals surface area contributed by atoms with Crippen LogP contribution in [0.1, 0.15) is 25.8 Å². The molecule has 0 radical (unpaired) electrons. The molecule has 1 aliphatic heterocycles. The molecule has 5 heteroatoms. The van der Waals surface area contributed by atoms with Gasteiger partial charge in [0.1, 0.15) is 6.04 Å². The third kappa shape index (κ3) is 2.66. The van der Waals surface area contributed by atoms with Gasteiger partial charge in [-0.3, -0.25) is 9.48 Å². The lowest BCUT2D eigenvalue weighted by molar-refractivity contribution is -0.136. The fraction of sp³-hybridized carbons (Fsp3) is 0.667. The molecular formula is C12H20N4O. The SMILES string of the molecule is C[C@H](C(=O)N1CCC[C@H](CN)C1)n1cccn1. The van der Waals surface area contributed by atoms with Crippen LogP contribution >= 0.6 is 0 Å². The maximum absolute atomic E-state index is 12.3. The molecule has 5 nitrogen and oxygen atoms in total. The maximum Gasteiger partial charge on any atom is 0.247 e. The monoisotopic (exact) mass is 236 g/mol. The molecule has 2 rings (SSSR count). The van der Waals surface area contributed by atoms with E-state index in [1.54, 1.807) is 10.9 Å². The Morgan fingerprint density at radius 1 is 1.65 bits per heavy atom. The number of hydrogen-bond donors (Lipinski definition) is 1. The molecule has 2 heterocycles. The molecule has 1 aromatic heterocycles. The van der Waals surface area contributed by atoms with Crippen molar-refractivity contribution in [3.63, 3.8) is 0 Å². The van der Waals surface area contributed by atoms with Crippen LogP contribution in [-0.4, -0.2) is 40.2 Å². The summed E-state index contributed by atoms with van der Waals surface area (Å²) in [6.07, 6.45) is 5.71. The molecule has 2 atom stereocenters. The fourth-order valence-electron chi connectivity index (χ4n) is 2.34. The van der Waals surface area contributed by atoms with Gasteiger partial charge in [0.05, 0.1) is 0 Å². The minimum absolute atomic E-state index is 0.145. The van der Waals surface area contributed by atoms with E-state index in [9.17, 15) is 4.79 Å². The molecule has 1 saturated heterocycles. The Balaban J connectivity index is 1.99. The van der Waals surface area contributed by atoms with Gasteiger partial charge in [-0.1, -0.05) is 0 Å². The molecule has 0 saturated carbocycles. The average Bonchev–Trinajstić information content (AvgIpc) is 2.91. The molecule has 2 N–H and O–H groups in total. The summed E-state index contributed by atoms with van der Waals surface area (Å²) in [4.78, 5) is 14.2. The number of carbonyl (C=O) groups excluding carboxylic acids is 1. The third-order valence-electron chi connectivity index (χ3n) is 3.44. The Morgan fingerprint density at radius 3 is 3.12 bits per heavy atom. The molecule has 1 fully saturated rings. The van der Waals surface area contributed by atoms with Gasteiger partial charge in [-0.15, -0.1) is 0 Å². The Bertz CT molecular complexity index is 363. The zero-order valence-corrected chi connectivity index (χ0v) is 10.2. The second-order valence-electron chi connectivity index (χ2n) is 4.69. The summed E-state index contributed by atoms with van der Waals surface area (Å²) in [6.45, 7) is 4.20. The second-order valence-corrected chi connectivity index (χ2v) is 4.69. The Kier molecular flexibility index (Phi) is 3.78. The third-order valence-corrected chi connectivity index (χ3v) is 3.44. The van der Waals surface area contributed by atoms with E-state index in [0.717, 1.165) is 25.9 Å². The molecule has 0 unspecified atom stereocenters.